The van der Waals surface area contributed by atoms with Crippen molar-refractivity contribution in [1.29, 1.82) is 0 Å². The molecule has 0 atom stereocenters. The Morgan fingerprint density at radius 2 is 1.90 bits per heavy atom. The Balaban J connectivity index is 1.46. The van der Waals surface area contributed by atoms with E-state index in [0.29, 0.717) is 18.4 Å². The molecule has 0 aromatic carbocycles. The number of halogens is 3. The Labute approximate surface area is 170 Å². The fourth-order valence-electron chi connectivity index (χ4n) is 3.66. The first-order valence-corrected chi connectivity index (χ1v) is 9.54. The smallest absolute Gasteiger partial charge is 0.433 e. The number of anilines is 1. The van der Waals surface area contributed by atoms with Gasteiger partial charge in [-0.2, -0.15) is 18.2 Å². The van der Waals surface area contributed by atoms with E-state index in [-0.39, 0.29) is 22.4 Å². The van der Waals surface area contributed by atoms with E-state index in [2.05, 4.69) is 19.9 Å². The Hall–Kier alpha value is -3.17. The molecule has 4 rings (SSSR count). The summed E-state index contributed by atoms with van der Waals surface area (Å²) < 4.78 is 45.2. The Bertz CT molecular complexity index is 1110. The Kier molecular flexibility index (Phi) is 5.31. The molecular formula is C20H20F3N5O2. The van der Waals surface area contributed by atoms with Crippen LogP contribution in [0.2, 0.25) is 0 Å². The van der Waals surface area contributed by atoms with Crippen molar-refractivity contribution in [3.63, 3.8) is 0 Å². The first-order valence-electron chi connectivity index (χ1n) is 9.54. The molecule has 1 saturated heterocycles. The minimum absolute atomic E-state index is 0.0519. The summed E-state index contributed by atoms with van der Waals surface area (Å²) in [7, 11) is 1.55. The molecule has 3 aromatic heterocycles. The minimum atomic E-state index is -4.54. The van der Waals surface area contributed by atoms with Gasteiger partial charge in [0.05, 0.1) is 18.0 Å². The second kappa shape index (κ2) is 7.92. The lowest BCUT2D eigenvalue weighted by molar-refractivity contribution is -0.140. The molecule has 1 aliphatic heterocycles. The highest BCUT2D eigenvalue weighted by atomic mass is 19.4. The number of rotatable bonds is 4. The first kappa shape index (κ1) is 20.1. The summed E-state index contributed by atoms with van der Waals surface area (Å²) in [6.45, 7) is 2.00. The van der Waals surface area contributed by atoms with Crippen molar-refractivity contribution in [1.82, 2.24) is 19.5 Å². The van der Waals surface area contributed by atoms with Crippen molar-refractivity contribution in [2.45, 2.75) is 25.6 Å². The number of hydrogen-bond acceptors (Lipinski definition) is 6. The van der Waals surface area contributed by atoms with Gasteiger partial charge >= 0.3 is 6.18 Å². The third-order valence-electron chi connectivity index (χ3n) is 5.30. The zero-order valence-corrected chi connectivity index (χ0v) is 16.3. The van der Waals surface area contributed by atoms with Crippen LogP contribution in [0.3, 0.4) is 0 Å². The van der Waals surface area contributed by atoms with E-state index in [0.717, 1.165) is 32.0 Å². The first-order chi connectivity index (χ1) is 14.3. The van der Waals surface area contributed by atoms with Crippen LogP contribution in [0.1, 0.15) is 18.5 Å². The van der Waals surface area contributed by atoms with Crippen LogP contribution in [0.25, 0.3) is 10.9 Å². The summed E-state index contributed by atoms with van der Waals surface area (Å²) in [5, 5.41) is 0.188. The van der Waals surface area contributed by atoms with E-state index in [1.165, 1.54) is 18.3 Å². The summed E-state index contributed by atoms with van der Waals surface area (Å²) in [5.74, 6) is 1.39. The third-order valence-corrected chi connectivity index (χ3v) is 5.30. The van der Waals surface area contributed by atoms with Crippen LogP contribution in [0.15, 0.2) is 41.5 Å². The van der Waals surface area contributed by atoms with Crippen molar-refractivity contribution in [2.24, 2.45) is 5.92 Å². The van der Waals surface area contributed by atoms with Crippen molar-refractivity contribution in [3.8, 4) is 5.88 Å². The molecule has 0 radical (unpaired) electrons. The van der Waals surface area contributed by atoms with Gasteiger partial charge in [-0.15, -0.1) is 0 Å². The van der Waals surface area contributed by atoms with Crippen LogP contribution in [-0.4, -0.2) is 39.7 Å². The normalized spacial score (nSPS) is 15.5. The highest BCUT2D eigenvalue weighted by Gasteiger charge is 2.32. The summed E-state index contributed by atoms with van der Waals surface area (Å²) in [6.07, 6.45) is 0.325. The van der Waals surface area contributed by atoms with E-state index in [1.54, 1.807) is 23.9 Å². The van der Waals surface area contributed by atoms with Gasteiger partial charge < -0.3 is 14.2 Å². The highest BCUT2D eigenvalue weighted by Crippen LogP contribution is 2.28. The molecule has 0 amide bonds. The summed E-state index contributed by atoms with van der Waals surface area (Å²) in [6, 6.07) is 5.20. The van der Waals surface area contributed by atoms with E-state index in [4.69, 9.17) is 4.74 Å². The van der Waals surface area contributed by atoms with Crippen LogP contribution in [0, 0.1) is 5.92 Å². The van der Waals surface area contributed by atoms with E-state index in [1.807, 2.05) is 0 Å². The number of methoxy groups -OCH3 is 1. The molecule has 0 unspecified atom stereocenters. The van der Waals surface area contributed by atoms with E-state index >= 15 is 0 Å². The van der Waals surface area contributed by atoms with Crippen LogP contribution in [0.5, 0.6) is 5.88 Å². The number of nitrogens with zero attached hydrogens (tertiary/aromatic N) is 5. The van der Waals surface area contributed by atoms with Crippen molar-refractivity contribution >= 4 is 16.9 Å². The lowest BCUT2D eigenvalue weighted by Crippen LogP contribution is -2.37. The molecule has 7 nitrogen and oxygen atoms in total. The number of aromatic nitrogens is 4. The van der Waals surface area contributed by atoms with Crippen LogP contribution in [0.4, 0.5) is 19.1 Å². The fraction of sp³-hybridized carbons (Fsp3) is 0.400. The average Bonchev–Trinajstić information content (AvgIpc) is 2.75. The highest BCUT2D eigenvalue weighted by molar-refractivity contribution is 5.77. The van der Waals surface area contributed by atoms with Gasteiger partial charge in [0, 0.05) is 38.1 Å². The number of piperidine rings is 1. The SMILES string of the molecule is COc1ccnc(N2CCC(Cn3ccc4nc(C(F)(F)F)ccc4c3=O)CC2)n1. The minimum Gasteiger partial charge on any atom is -0.481 e. The van der Waals surface area contributed by atoms with Crippen molar-refractivity contribution in [3.05, 3.63) is 52.7 Å². The molecule has 4 heterocycles. The van der Waals surface area contributed by atoms with Crippen LogP contribution < -0.4 is 15.2 Å². The van der Waals surface area contributed by atoms with Crippen LogP contribution in [-0.2, 0) is 12.7 Å². The standard InChI is InChI=1S/C20H20F3N5O2/c1-30-17-4-8-24-19(26-17)27-9-5-13(6-10-27)12-28-11-7-15-14(18(28)29)2-3-16(25-15)20(21,22)23/h2-4,7-8,11,13H,5-6,9-10,12H2,1H3. The molecule has 0 saturated carbocycles. The van der Waals surface area contributed by atoms with Gasteiger partial charge in [0.25, 0.3) is 5.56 Å². The van der Waals surface area contributed by atoms with Gasteiger partial charge in [0.1, 0.15) is 5.69 Å². The van der Waals surface area contributed by atoms with Gasteiger partial charge in [0.2, 0.25) is 11.8 Å². The Morgan fingerprint density at radius 1 is 1.13 bits per heavy atom. The predicted molar refractivity (Wildman–Crippen MR) is 105 cm³/mol. The lowest BCUT2D eigenvalue weighted by atomic mass is 9.97. The second-order valence-corrected chi connectivity index (χ2v) is 7.23. The van der Waals surface area contributed by atoms with Crippen molar-refractivity contribution < 1.29 is 17.9 Å². The molecule has 0 bridgehead atoms. The number of alkyl halides is 3. The zero-order valence-electron chi connectivity index (χ0n) is 16.3. The number of ether oxygens (including phenoxy) is 1. The molecule has 1 fully saturated rings. The van der Waals surface area contributed by atoms with Gasteiger partial charge in [-0.3, -0.25) is 4.79 Å². The maximum Gasteiger partial charge on any atom is 0.433 e. The lowest BCUT2D eigenvalue weighted by Gasteiger charge is -2.32. The summed E-state index contributed by atoms with van der Waals surface area (Å²) in [5.41, 5.74) is -1.28. The molecule has 0 N–H and O–H groups in total. The fourth-order valence-corrected chi connectivity index (χ4v) is 3.66. The molecule has 30 heavy (non-hydrogen) atoms. The molecule has 0 spiro atoms. The van der Waals surface area contributed by atoms with Gasteiger partial charge in [-0.05, 0) is 37.0 Å². The number of hydrogen-bond donors (Lipinski definition) is 0. The molecular weight excluding hydrogens is 399 g/mol. The zero-order chi connectivity index (χ0) is 21.3. The van der Waals surface area contributed by atoms with Gasteiger partial charge in [0.15, 0.2) is 0 Å². The van der Waals surface area contributed by atoms with E-state index < -0.39 is 11.9 Å². The largest absolute Gasteiger partial charge is 0.481 e. The third kappa shape index (κ3) is 4.07. The monoisotopic (exact) mass is 419 g/mol. The molecule has 158 valence electrons. The van der Waals surface area contributed by atoms with Gasteiger partial charge in [-0.1, -0.05) is 0 Å². The van der Waals surface area contributed by atoms with Crippen molar-refractivity contribution in [2.75, 3.05) is 25.1 Å². The second-order valence-electron chi connectivity index (χ2n) is 7.23. The summed E-state index contributed by atoms with van der Waals surface area (Å²) >= 11 is 0. The average molecular weight is 419 g/mol. The molecule has 0 aliphatic carbocycles. The maximum absolute atomic E-state index is 12.8. The topological polar surface area (TPSA) is 73.1 Å². The molecule has 1 aliphatic rings. The Morgan fingerprint density at radius 3 is 2.60 bits per heavy atom. The quantitative estimate of drug-likeness (QED) is 0.647. The maximum atomic E-state index is 12.8. The predicted octanol–water partition coefficient (Wildman–Crippen LogP) is 3.13. The van der Waals surface area contributed by atoms with Crippen LogP contribution >= 0.6 is 0 Å². The molecule has 10 heteroatoms. The summed E-state index contributed by atoms with van der Waals surface area (Å²) in [4.78, 5) is 27.0. The molecule has 3 aromatic rings. The van der Waals surface area contributed by atoms with Gasteiger partial charge in [-0.25, -0.2) is 9.97 Å². The number of fused-ring (bicyclic) bond motifs is 1. The van der Waals surface area contributed by atoms with E-state index in [9.17, 15) is 18.0 Å². The number of pyridine rings is 2.